The average molecular weight is 451 g/mol. The predicted molar refractivity (Wildman–Crippen MR) is 123 cm³/mol. The van der Waals surface area contributed by atoms with Gasteiger partial charge in [-0.25, -0.2) is 9.59 Å². The normalized spacial score (nSPS) is 29.2. The van der Waals surface area contributed by atoms with Gasteiger partial charge in [-0.2, -0.15) is 0 Å². The van der Waals surface area contributed by atoms with E-state index >= 15 is 0 Å². The third kappa shape index (κ3) is 4.77. The molecule has 4 bridgehead atoms. The summed E-state index contributed by atoms with van der Waals surface area (Å²) < 4.78 is 16.7. The lowest BCUT2D eigenvalue weighted by Gasteiger charge is -2.60. The monoisotopic (exact) mass is 450 g/mol. The molecule has 4 saturated carbocycles. The number of carbonyl (C=O) groups is 2. The van der Waals surface area contributed by atoms with E-state index in [0.29, 0.717) is 23.9 Å². The number of amides is 2. The SMILES string of the molecule is COc1ccc(NC(=O)OC23C[C@@H]4C[C@@H](CC(NC(=O)OCc5ccccc5)(C4)C2)C3)cc1. The van der Waals surface area contributed by atoms with E-state index in [4.69, 9.17) is 14.2 Å². The van der Waals surface area contributed by atoms with Crippen LogP contribution >= 0.6 is 0 Å². The summed E-state index contributed by atoms with van der Waals surface area (Å²) in [6.07, 6.45) is 4.42. The number of nitrogens with one attached hydrogen (secondary N) is 2. The molecular formula is C26H30N2O5. The van der Waals surface area contributed by atoms with Crippen LogP contribution < -0.4 is 15.4 Å². The van der Waals surface area contributed by atoms with Crippen LogP contribution in [0.2, 0.25) is 0 Å². The number of rotatable bonds is 6. The van der Waals surface area contributed by atoms with Gasteiger partial charge in [-0.05, 0) is 73.8 Å². The van der Waals surface area contributed by atoms with Crippen LogP contribution in [0.4, 0.5) is 15.3 Å². The van der Waals surface area contributed by atoms with Crippen molar-refractivity contribution in [3.05, 3.63) is 60.2 Å². The van der Waals surface area contributed by atoms with E-state index in [1.165, 1.54) is 0 Å². The number of anilines is 1. The summed E-state index contributed by atoms with van der Waals surface area (Å²) in [5.41, 5.74) is 0.682. The molecule has 2 aromatic carbocycles. The van der Waals surface area contributed by atoms with Crippen molar-refractivity contribution in [1.29, 1.82) is 0 Å². The second-order valence-corrected chi connectivity index (χ2v) is 9.85. The highest BCUT2D eigenvalue weighted by Gasteiger charge is 2.60. The van der Waals surface area contributed by atoms with Crippen molar-refractivity contribution in [3.8, 4) is 5.75 Å². The molecule has 174 valence electrons. The van der Waals surface area contributed by atoms with Crippen LogP contribution in [-0.4, -0.2) is 30.4 Å². The molecule has 0 spiro atoms. The van der Waals surface area contributed by atoms with E-state index in [9.17, 15) is 9.59 Å². The van der Waals surface area contributed by atoms with Crippen molar-refractivity contribution in [2.45, 2.75) is 56.3 Å². The zero-order chi connectivity index (χ0) is 22.9. The Morgan fingerprint density at radius 1 is 0.939 bits per heavy atom. The maximum atomic E-state index is 12.8. The summed E-state index contributed by atoms with van der Waals surface area (Å²) in [4.78, 5) is 25.4. The molecule has 6 rings (SSSR count). The maximum absolute atomic E-state index is 12.8. The fourth-order valence-electron chi connectivity index (χ4n) is 6.43. The number of alkyl carbamates (subject to hydrolysis) is 1. The Hall–Kier alpha value is -3.22. The lowest BCUT2D eigenvalue weighted by atomic mass is 9.51. The first kappa shape index (κ1) is 21.6. The first-order valence-electron chi connectivity index (χ1n) is 11.6. The third-order valence-electron chi connectivity index (χ3n) is 7.23. The number of hydrogen-bond acceptors (Lipinski definition) is 5. The first-order chi connectivity index (χ1) is 15.9. The topological polar surface area (TPSA) is 85.9 Å². The van der Waals surface area contributed by atoms with Crippen LogP contribution in [0, 0.1) is 11.8 Å². The minimum atomic E-state index is -0.548. The molecular weight excluding hydrogens is 420 g/mol. The predicted octanol–water partition coefficient (Wildman–Crippen LogP) is 5.26. The summed E-state index contributed by atoms with van der Waals surface area (Å²) in [5, 5.41) is 6.00. The maximum Gasteiger partial charge on any atom is 0.412 e. The number of ether oxygens (including phenoxy) is 3. The smallest absolute Gasteiger partial charge is 0.412 e. The van der Waals surface area contributed by atoms with Crippen LogP contribution in [0.25, 0.3) is 0 Å². The molecule has 0 aliphatic heterocycles. The van der Waals surface area contributed by atoms with Gasteiger partial charge in [0.1, 0.15) is 18.0 Å². The molecule has 2 N–H and O–H groups in total. The van der Waals surface area contributed by atoms with Gasteiger partial charge in [-0.1, -0.05) is 30.3 Å². The molecule has 2 unspecified atom stereocenters. The molecule has 0 aromatic heterocycles. The Labute approximate surface area is 193 Å². The van der Waals surface area contributed by atoms with E-state index in [1.54, 1.807) is 31.4 Å². The molecule has 4 aliphatic rings. The number of carbonyl (C=O) groups excluding carboxylic acids is 2. The molecule has 7 nitrogen and oxygen atoms in total. The molecule has 0 saturated heterocycles. The van der Waals surface area contributed by atoms with Crippen molar-refractivity contribution in [2.24, 2.45) is 11.8 Å². The second-order valence-electron chi connectivity index (χ2n) is 9.85. The molecule has 0 heterocycles. The first-order valence-corrected chi connectivity index (χ1v) is 11.6. The highest BCUT2D eigenvalue weighted by molar-refractivity contribution is 5.85. The lowest BCUT2D eigenvalue weighted by Crippen LogP contribution is -2.66. The van der Waals surface area contributed by atoms with Crippen molar-refractivity contribution in [2.75, 3.05) is 12.4 Å². The Morgan fingerprint density at radius 3 is 2.30 bits per heavy atom. The Bertz CT molecular complexity index is 993. The standard InChI is InChI=1S/C26H30N2O5/c1-31-22-9-7-21(8-10-22)27-23(29)33-26-14-19-11-20(15-26)13-25(12-19,17-26)28-24(30)32-16-18-5-3-2-4-6-18/h2-10,19-20H,11-17H2,1H3,(H,27,29)(H,28,30)/t19-,20+,25?,26?. The van der Waals surface area contributed by atoms with E-state index in [0.717, 1.165) is 43.4 Å². The molecule has 7 heteroatoms. The number of hydrogen-bond donors (Lipinski definition) is 2. The van der Waals surface area contributed by atoms with Crippen molar-refractivity contribution in [3.63, 3.8) is 0 Å². The van der Waals surface area contributed by atoms with Gasteiger partial charge < -0.3 is 19.5 Å². The Kier molecular flexibility index (Phi) is 5.64. The average Bonchev–Trinajstić information content (AvgIpc) is 2.77. The summed E-state index contributed by atoms with van der Waals surface area (Å²) in [5.74, 6) is 1.60. The zero-order valence-electron chi connectivity index (χ0n) is 18.8. The number of benzene rings is 2. The van der Waals surface area contributed by atoms with Gasteiger partial charge in [0.05, 0.1) is 7.11 Å². The van der Waals surface area contributed by atoms with Crippen LogP contribution in [-0.2, 0) is 16.1 Å². The Balaban J connectivity index is 1.22. The summed E-state index contributed by atoms with van der Waals surface area (Å²) in [6.45, 7) is 0.238. The van der Waals surface area contributed by atoms with E-state index in [-0.39, 0.29) is 12.1 Å². The minimum absolute atomic E-state index is 0.238. The third-order valence-corrected chi connectivity index (χ3v) is 7.23. The van der Waals surface area contributed by atoms with E-state index in [1.807, 2.05) is 30.3 Å². The summed E-state index contributed by atoms with van der Waals surface area (Å²) in [6, 6.07) is 16.8. The molecule has 2 amide bonds. The van der Waals surface area contributed by atoms with Crippen molar-refractivity contribution < 1.29 is 23.8 Å². The minimum Gasteiger partial charge on any atom is -0.497 e. The van der Waals surface area contributed by atoms with Gasteiger partial charge in [0.2, 0.25) is 0 Å². The number of methoxy groups -OCH3 is 1. The molecule has 33 heavy (non-hydrogen) atoms. The van der Waals surface area contributed by atoms with Crippen LogP contribution in [0.1, 0.15) is 44.1 Å². The fourth-order valence-corrected chi connectivity index (χ4v) is 6.43. The van der Waals surface area contributed by atoms with Gasteiger partial charge in [0, 0.05) is 17.6 Å². The largest absolute Gasteiger partial charge is 0.497 e. The van der Waals surface area contributed by atoms with E-state index < -0.39 is 17.8 Å². The molecule has 4 atom stereocenters. The summed E-state index contributed by atoms with van der Waals surface area (Å²) in [7, 11) is 1.60. The zero-order valence-corrected chi connectivity index (χ0v) is 18.8. The Morgan fingerprint density at radius 2 is 1.64 bits per heavy atom. The van der Waals surface area contributed by atoms with Crippen LogP contribution in [0.15, 0.2) is 54.6 Å². The summed E-state index contributed by atoms with van der Waals surface area (Å²) >= 11 is 0. The van der Waals surface area contributed by atoms with Crippen molar-refractivity contribution in [1.82, 2.24) is 5.32 Å². The lowest BCUT2D eigenvalue weighted by molar-refractivity contribution is -0.139. The second kappa shape index (κ2) is 8.61. The van der Waals surface area contributed by atoms with Crippen LogP contribution in [0.5, 0.6) is 5.75 Å². The molecule has 4 aliphatic carbocycles. The van der Waals surface area contributed by atoms with Gasteiger partial charge >= 0.3 is 12.2 Å². The van der Waals surface area contributed by atoms with Gasteiger partial charge in [-0.3, -0.25) is 5.32 Å². The fraction of sp³-hybridized carbons (Fsp3) is 0.462. The highest BCUT2D eigenvalue weighted by Crippen LogP contribution is 2.59. The molecule has 0 radical (unpaired) electrons. The highest BCUT2D eigenvalue weighted by atomic mass is 16.6. The molecule has 2 aromatic rings. The van der Waals surface area contributed by atoms with Crippen LogP contribution in [0.3, 0.4) is 0 Å². The van der Waals surface area contributed by atoms with Gasteiger partial charge in [0.25, 0.3) is 0 Å². The quantitative estimate of drug-likeness (QED) is 0.627. The van der Waals surface area contributed by atoms with Gasteiger partial charge in [-0.15, -0.1) is 0 Å². The van der Waals surface area contributed by atoms with E-state index in [2.05, 4.69) is 10.6 Å². The molecule has 4 fully saturated rings. The van der Waals surface area contributed by atoms with Gasteiger partial charge in [0.15, 0.2) is 0 Å². The van der Waals surface area contributed by atoms with Crippen molar-refractivity contribution >= 4 is 17.9 Å².